The molecular weight excluding hydrogens is 367 g/mol. The molecule has 0 amide bonds. The van der Waals surface area contributed by atoms with Crippen molar-refractivity contribution >= 4 is 35.1 Å². The Morgan fingerprint density at radius 3 is 2.65 bits per heavy atom. The number of fused-ring (bicyclic) bond motifs is 1. The molecule has 0 spiro atoms. The second-order valence-electron chi connectivity index (χ2n) is 6.51. The first-order valence-corrected chi connectivity index (χ1v) is 10.9. The molecule has 1 aliphatic heterocycles. The molecule has 1 heterocycles. The zero-order valence-corrected chi connectivity index (χ0v) is 17.0. The minimum atomic E-state index is -0.228. The van der Waals surface area contributed by atoms with Crippen LogP contribution in [-0.4, -0.2) is 35.3 Å². The van der Waals surface area contributed by atoms with Crippen LogP contribution in [0.5, 0.6) is 5.75 Å². The van der Waals surface area contributed by atoms with Crippen LogP contribution >= 0.6 is 23.7 Å². The third kappa shape index (κ3) is 4.13. The van der Waals surface area contributed by atoms with Gasteiger partial charge in [0.15, 0.2) is 0 Å². The number of aromatic hydroxyl groups is 1. The SMILES string of the molecule is CCCCC1CN(c2ccc(F)cc2)c2cc(SC)c(O)cc2SN1C. The first kappa shape index (κ1) is 19.4. The highest BCUT2D eigenvalue weighted by Crippen LogP contribution is 2.45. The van der Waals surface area contributed by atoms with Crippen molar-refractivity contribution in [3.05, 3.63) is 42.2 Å². The van der Waals surface area contributed by atoms with E-state index in [-0.39, 0.29) is 5.82 Å². The first-order chi connectivity index (χ1) is 12.5. The quantitative estimate of drug-likeness (QED) is 0.505. The molecule has 1 N–H and O–H groups in total. The normalized spacial score (nSPS) is 17.8. The van der Waals surface area contributed by atoms with Gasteiger partial charge >= 0.3 is 0 Å². The van der Waals surface area contributed by atoms with E-state index >= 15 is 0 Å². The van der Waals surface area contributed by atoms with Crippen molar-refractivity contribution in [3.8, 4) is 5.75 Å². The van der Waals surface area contributed by atoms with Crippen molar-refractivity contribution in [2.24, 2.45) is 0 Å². The van der Waals surface area contributed by atoms with Crippen LogP contribution in [0.25, 0.3) is 0 Å². The maximum absolute atomic E-state index is 13.4. The number of halogens is 1. The minimum absolute atomic E-state index is 0.228. The second kappa shape index (κ2) is 8.55. The summed E-state index contributed by atoms with van der Waals surface area (Å²) in [5.74, 6) is 0.0801. The molecule has 6 heteroatoms. The average Bonchev–Trinajstić information content (AvgIpc) is 2.76. The van der Waals surface area contributed by atoms with Gasteiger partial charge in [0.05, 0.1) is 15.5 Å². The van der Waals surface area contributed by atoms with Gasteiger partial charge in [0.25, 0.3) is 0 Å². The number of thioether (sulfide) groups is 1. The van der Waals surface area contributed by atoms with E-state index in [0.29, 0.717) is 11.8 Å². The van der Waals surface area contributed by atoms with Crippen molar-refractivity contribution in [2.75, 3.05) is 24.7 Å². The number of nitrogens with zero attached hydrogens (tertiary/aromatic N) is 2. The average molecular weight is 393 g/mol. The van der Waals surface area contributed by atoms with Gasteiger partial charge in [0.1, 0.15) is 11.6 Å². The van der Waals surface area contributed by atoms with Crippen LogP contribution in [0, 0.1) is 5.82 Å². The number of anilines is 2. The molecule has 3 nitrogen and oxygen atoms in total. The van der Waals surface area contributed by atoms with E-state index in [9.17, 15) is 9.50 Å². The third-order valence-electron chi connectivity index (χ3n) is 4.73. The molecule has 0 bridgehead atoms. The summed E-state index contributed by atoms with van der Waals surface area (Å²) in [6.45, 7) is 3.04. The molecule has 1 unspecified atom stereocenters. The fraction of sp³-hybridized carbons (Fsp3) is 0.400. The molecule has 1 aliphatic rings. The van der Waals surface area contributed by atoms with Crippen molar-refractivity contribution in [3.63, 3.8) is 0 Å². The summed E-state index contributed by atoms with van der Waals surface area (Å²) in [7, 11) is 2.11. The number of hydrogen-bond acceptors (Lipinski definition) is 5. The van der Waals surface area contributed by atoms with E-state index in [1.165, 1.54) is 30.3 Å². The Labute approximate surface area is 163 Å². The van der Waals surface area contributed by atoms with Gasteiger partial charge in [-0.1, -0.05) is 19.8 Å². The lowest BCUT2D eigenvalue weighted by atomic mass is 10.1. The van der Waals surface area contributed by atoms with Gasteiger partial charge in [-0.2, -0.15) is 0 Å². The fourth-order valence-electron chi connectivity index (χ4n) is 3.22. The molecular formula is C20H25FN2OS2. The molecule has 0 aromatic heterocycles. The van der Waals surface area contributed by atoms with E-state index in [1.54, 1.807) is 11.9 Å². The van der Waals surface area contributed by atoms with Gasteiger partial charge in [0, 0.05) is 18.3 Å². The number of phenols is 1. The summed E-state index contributed by atoms with van der Waals surface area (Å²) in [5.41, 5.74) is 2.04. The van der Waals surface area contributed by atoms with Gasteiger partial charge in [-0.25, -0.2) is 8.70 Å². The lowest BCUT2D eigenvalue weighted by molar-refractivity contribution is 0.382. The molecule has 2 aromatic carbocycles. The van der Waals surface area contributed by atoms with Gasteiger partial charge in [-0.15, -0.1) is 11.8 Å². The van der Waals surface area contributed by atoms with Crippen LogP contribution in [0.15, 0.2) is 46.2 Å². The van der Waals surface area contributed by atoms with E-state index in [0.717, 1.165) is 40.6 Å². The van der Waals surface area contributed by atoms with E-state index in [1.807, 2.05) is 30.5 Å². The molecule has 0 saturated carbocycles. The van der Waals surface area contributed by atoms with Gasteiger partial charge in [0.2, 0.25) is 0 Å². The summed E-state index contributed by atoms with van der Waals surface area (Å²) in [6, 6.07) is 10.9. The Bertz CT molecular complexity index is 754. The zero-order valence-electron chi connectivity index (χ0n) is 15.4. The summed E-state index contributed by atoms with van der Waals surface area (Å²) < 4.78 is 15.7. The van der Waals surface area contributed by atoms with E-state index in [2.05, 4.69) is 23.2 Å². The summed E-state index contributed by atoms with van der Waals surface area (Å²) in [4.78, 5) is 4.13. The number of benzene rings is 2. The monoisotopic (exact) mass is 392 g/mol. The summed E-state index contributed by atoms with van der Waals surface area (Å²) in [6.07, 6.45) is 5.40. The largest absolute Gasteiger partial charge is 0.507 e. The number of rotatable bonds is 5. The lowest BCUT2D eigenvalue weighted by Crippen LogP contribution is -2.35. The predicted octanol–water partition coefficient (Wildman–Crippen LogP) is 5.90. The minimum Gasteiger partial charge on any atom is -0.507 e. The molecule has 0 aliphatic carbocycles. The van der Waals surface area contributed by atoms with E-state index in [4.69, 9.17) is 0 Å². The number of phenolic OH excluding ortho intramolecular Hbond substituents is 1. The first-order valence-electron chi connectivity index (χ1n) is 8.88. The van der Waals surface area contributed by atoms with E-state index < -0.39 is 0 Å². The zero-order chi connectivity index (χ0) is 18.7. The molecule has 2 aromatic rings. The van der Waals surface area contributed by atoms with Crippen molar-refractivity contribution in [2.45, 2.75) is 42.0 Å². The van der Waals surface area contributed by atoms with Gasteiger partial charge in [-0.05, 0) is 68.1 Å². The highest BCUT2D eigenvalue weighted by atomic mass is 32.2. The Kier molecular flexibility index (Phi) is 6.37. The second-order valence-corrected chi connectivity index (χ2v) is 8.56. The number of hydrogen-bond donors (Lipinski definition) is 1. The Morgan fingerprint density at radius 2 is 2.00 bits per heavy atom. The molecule has 140 valence electrons. The van der Waals surface area contributed by atoms with Crippen molar-refractivity contribution in [1.29, 1.82) is 0 Å². The fourth-order valence-corrected chi connectivity index (χ4v) is 4.77. The van der Waals surface area contributed by atoms with Crippen LogP contribution in [0.1, 0.15) is 26.2 Å². The molecule has 0 fully saturated rings. The van der Waals surface area contributed by atoms with Crippen molar-refractivity contribution in [1.82, 2.24) is 4.31 Å². The van der Waals surface area contributed by atoms with Crippen LogP contribution in [-0.2, 0) is 0 Å². The van der Waals surface area contributed by atoms with Crippen molar-refractivity contribution < 1.29 is 9.50 Å². The molecule has 1 atom stereocenters. The Balaban J connectivity index is 2.07. The number of likely N-dealkylation sites (N-methyl/N-ethyl adjacent to an activating group) is 1. The maximum atomic E-state index is 13.4. The van der Waals surface area contributed by atoms with Gasteiger partial charge < -0.3 is 10.0 Å². The standard InChI is InChI=1S/C20H25FN2OS2/c1-4-5-6-16-13-23(15-9-7-14(21)8-10-15)17-11-20(25-3)18(24)12-19(17)26-22(16)2/h7-12,16,24H,4-6,13H2,1-3H3. The van der Waals surface area contributed by atoms with Crippen LogP contribution < -0.4 is 4.90 Å². The molecule has 26 heavy (non-hydrogen) atoms. The maximum Gasteiger partial charge on any atom is 0.130 e. The molecule has 0 saturated heterocycles. The topological polar surface area (TPSA) is 26.7 Å². The molecule has 0 radical (unpaired) electrons. The highest BCUT2D eigenvalue weighted by molar-refractivity contribution is 7.98. The lowest BCUT2D eigenvalue weighted by Gasteiger charge is -2.30. The highest BCUT2D eigenvalue weighted by Gasteiger charge is 2.28. The molecule has 3 rings (SSSR count). The smallest absolute Gasteiger partial charge is 0.130 e. The Hall–Kier alpha value is -1.37. The van der Waals surface area contributed by atoms with Crippen LogP contribution in [0.2, 0.25) is 0 Å². The predicted molar refractivity (Wildman–Crippen MR) is 110 cm³/mol. The van der Waals surface area contributed by atoms with Gasteiger partial charge in [-0.3, -0.25) is 0 Å². The third-order valence-corrected chi connectivity index (χ3v) is 6.61. The van der Waals surface area contributed by atoms with Crippen LogP contribution in [0.3, 0.4) is 0 Å². The Morgan fingerprint density at radius 1 is 1.27 bits per heavy atom. The summed E-state index contributed by atoms with van der Waals surface area (Å²) >= 11 is 3.21. The van der Waals surface area contributed by atoms with Crippen LogP contribution in [0.4, 0.5) is 15.8 Å². The summed E-state index contributed by atoms with van der Waals surface area (Å²) in [5, 5.41) is 10.3. The number of unbranched alkanes of at least 4 members (excludes halogenated alkanes) is 1.